The maximum atomic E-state index is 11.8. The van der Waals surface area contributed by atoms with Crippen LogP contribution in [-0.4, -0.2) is 69.4 Å². The van der Waals surface area contributed by atoms with E-state index in [0.29, 0.717) is 24.7 Å². The van der Waals surface area contributed by atoms with E-state index in [4.69, 9.17) is 4.74 Å². The number of carbonyl (C=O) groups excluding carboxylic acids is 1. The van der Waals surface area contributed by atoms with E-state index in [1.54, 1.807) is 0 Å². The predicted octanol–water partition coefficient (Wildman–Crippen LogP) is 3.14. The first-order valence-corrected chi connectivity index (χ1v) is 12.6. The summed E-state index contributed by atoms with van der Waals surface area (Å²) in [6.45, 7) is 7.44. The van der Waals surface area contributed by atoms with Gasteiger partial charge in [0.15, 0.2) is 9.84 Å². The second kappa shape index (κ2) is 8.55. The van der Waals surface area contributed by atoms with Crippen LogP contribution in [0.5, 0.6) is 5.75 Å². The molecule has 2 aliphatic heterocycles. The molecular formula is C23H30N2O4S. The van der Waals surface area contributed by atoms with E-state index in [9.17, 15) is 13.2 Å². The molecule has 0 aliphatic carbocycles. The number of hydrogen-bond acceptors (Lipinski definition) is 6. The fourth-order valence-electron chi connectivity index (χ4n) is 4.40. The van der Waals surface area contributed by atoms with E-state index < -0.39 is 9.84 Å². The van der Waals surface area contributed by atoms with Gasteiger partial charge in [-0.1, -0.05) is 6.07 Å². The summed E-state index contributed by atoms with van der Waals surface area (Å²) in [6, 6.07) is 10.3. The monoisotopic (exact) mass is 430 g/mol. The molecule has 0 unspecified atom stereocenters. The van der Waals surface area contributed by atoms with E-state index in [1.165, 1.54) is 0 Å². The van der Waals surface area contributed by atoms with Crippen LogP contribution in [0.15, 0.2) is 30.3 Å². The summed E-state index contributed by atoms with van der Waals surface area (Å²) in [7, 11) is -2.97. The molecule has 0 spiro atoms. The number of likely N-dealkylation sites (tertiary alicyclic amines) is 1. The molecule has 2 aliphatic rings. The van der Waals surface area contributed by atoms with Crippen LogP contribution in [0.1, 0.15) is 37.0 Å². The van der Waals surface area contributed by atoms with Crippen molar-refractivity contribution in [2.24, 2.45) is 0 Å². The van der Waals surface area contributed by atoms with Gasteiger partial charge in [0.2, 0.25) is 0 Å². The molecular weight excluding hydrogens is 400 g/mol. The largest absolute Gasteiger partial charge is 0.490 e. The fraction of sp³-hybridized carbons (Fsp3) is 0.522. The minimum absolute atomic E-state index is 0.143. The van der Waals surface area contributed by atoms with Crippen molar-refractivity contribution in [1.29, 1.82) is 0 Å². The number of ether oxygens (including phenoxy) is 1. The quantitative estimate of drug-likeness (QED) is 0.679. The van der Waals surface area contributed by atoms with Crippen LogP contribution >= 0.6 is 0 Å². The average Bonchev–Trinajstić information content (AvgIpc) is 2.73. The van der Waals surface area contributed by atoms with E-state index in [0.717, 1.165) is 54.4 Å². The minimum Gasteiger partial charge on any atom is -0.490 e. The van der Waals surface area contributed by atoms with Crippen LogP contribution in [0, 0.1) is 0 Å². The van der Waals surface area contributed by atoms with E-state index >= 15 is 0 Å². The topological polar surface area (TPSA) is 66.9 Å². The van der Waals surface area contributed by atoms with Gasteiger partial charge < -0.3 is 14.5 Å². The van der Waals surface area contributed by atoms with Crippen molar-refractivity contribution in [3.63, 3.8) is 0 Å². The maximum absolute atomic E-state index is 11.8. The average molecular weight is 431 g/mol. The van der Waals surface area contributed by atoms with Crippen LogP contribution in [0.2, 0.25) is 0 Å². The van der Waals surface area contributed by atoms with Crippen LogP contribution in [0.3, 0.4) is 0 Å². The first-order valence-electron chi connectivity index (χ1n) is 10.7. The first kappa shape index (κ1) is 21.1. The van der Waals surface area contributed by atoms with Gasteiger partial charge in [-0.2, -0.15) is 0 Å². The second-order valence-electron chi connectivity index (χ2n) is 8.63. The summed E-state index contributed by atoms with van der Waals surface area (Å²) in [5, 5.41) is 1.96. The molecule has 2 aromatic carbocycles. The standard InChI is InChI=1S/C23H30N2O4S/c1-17(2)24-7-5-20(6-8-24)29-21-4-3-19-13-18(16-26)14-23(22(19)15-21)25-9-11-30(27,28)12-10-25/h3-4,13-17,20H,5-12H2,1-2H3. The Kier molecular flexibility index (Phi) is 6.02. The van der Waals surface area contributed by atoms with Gasteiger partial charge >= 0.3 is 0 Å². The lowest BCUT2D eigenvalue weighted by Crippen LogP contribution is -2.41. The summed E-state index contributed by atoms with van der Waals surface area (Å²) in [5.41, 5.74) is 1.50. The van der Waals surface area contributed by atoms with Gasteiger partial charge in [0.25, 0.3) is 0 Å². The number of benzene rings is 2. The SMILES string of the molecule is CC(C)N1CCC(Oc2ccc3cc(C=O)cc(N4CCS(=O)(=O)CC4)c3c2)CC1. The van der Waals surface area contributed by atoms with Crippen LogP contribution in [-0.2, 0) is 9.84 Å². The Hall–Kier alpha value is -2.12. The molecule has 0 aromatic heterocycles. The van der Waals surface area contributed by atoms with Gasteiger partial charge in [0, 0.05) is 48.9 Å². The molecule has 0 bridgehead atoms. The Bertz CT molecular complexity index is 1010. The number of anilines is 1. The highest BCUT2D eigenvalue weighted by Gasteiger charge is 2.24. The summed E-state index contributed by atoms with van der Waals surface area (Å²) in [6.07, 6.45) is 3.07. The van der Waals surface area contributed by atoms with Gasteiger partial charge in [-0.05, 0) is 56.3 Å². The lowest BCUT2D eigenvalue weighted by atomic mass is 10.0. The lowest BCUT2D eigenvalue weighted by molar-refractivity contribution is 0.0844. The number of carbonyl (C=O) groups is 1. The molecule has 2 aromatic rings. The fourth-order valence-corrected chi connectivity index (χ4v) is 5.60. The molecule has 162 valence electrons. The molecule has 6 nitrogen and oxygen atoms in total. The Morgan fingerprint density at radius 3 is 2.37 bits per heavy atom. The molecule has 2 fully saturated rings. The highest BCUT2D eigenvalue weighted by molar-refractivity contribution is 7.91. The molecule has 0 atom stereocenters. The van der Waals surface area contributed by atoms with Crippen molar-refractivity contribution in [3.8, 4) is 5.75 Å². The Balaban J connectivity index is 1.59. The van der Waals surface area contributed by atoms with Gasteiger partial charge in [-0.3, -0.25) is 4.79 Å². The number of aldehydes is 1. The van der Waals surface area contributed by atoms with Gasteiger partial charge in [0.1, 0.15) is 18.1 Å². The van der Waals surface area contributed by atoms with Gasteiger partial charge in [0.05, 0.1) is 11.5 Å². The third-order valence-corrected chi connectivity index (χ3v) is 7.87. The van der Waals surface area contributed by atoms with Crippen LogP contribution in [0.4, 0.5) is 5.69 Å². The van der Waals surface area contributed by atoms with E-state index in [2.05, 4.69) is 23.6 Å². The minimum atomic E-state index is -2.97. The molecule has 0 saturated carbocycles. The molecule has 0 radical (unpaired) electrons. The lowest BCUT2D eigenvalue weighted by Gasteiger charge is -2.34. The van der Waals surface area contributed by atoms with Crippen molar-refractivity contribution >= 4 is 32.6 Å². The Morgan fingerprint density at radius 1 is 1.03 bits per heavy atom. The van der Waals surface area contributed by atoms with Crippen molar-refractivity contribution in [1.82, 2.24) is 4.90 Å². The highest BCUT2D eigenvalue weighted by atomic mass is 32.2. The number of piperidine rings is 1. The van der Waals surface area contributed by atoms with Crippen molar-refractivity contribution < 1.29 is 17.9 Å². The number of nitrogens with zero attached hydrogens (tertiary/aromatic N) is 2. The zero-order valence-electron chi connectivity index (χ0n) is 17.7. The Labute approximate surface area is 178 Å². The number of fused-ring (bicyclic) bond motifs is 1. The third-order valence-electron chi connectivity index (χ3n) is 6.26. The summed E-state index contributed by atoms with van der Waals surface area (Å²) in [4.78, 5) is 16.0. The van der Waals surface area contributed by atoms with E-state index in [1.807, 2.05) is 30.3 Å². The molecule has 0 N–H and O–H groups in total. The number of sulfone groups is 1. The third kappa shape index (κ3) is 4.62. The molecule has 2 heterocycles. The van der Waals surface area contributed by atoms with Gasteiger partial charge in [-0.25, -0.2) is 8.42 Å². The highest BCUT2D eigenvalue weighted by Crippen LogP contribution is 2.33. The van der Waals surface area contributed by atoms with Crippen molar-refractivity contribution in [2.45, 2.75) is 38.8 Å². The predicted molar refractivity (Wildman–Crippen MR) is 121 cm³/mol. The molecule has 2 saturated heterocycles. The number of hydrogen-bond donors (Lipinski definition) is 0. The second-order valence-corrected chi connectivity index (χ2v) is 10.9. The van der Waals surface area contributed by atoms with Crippen molar-refractivity contribution in [2.75, 3.05) is 42.6 Å². The van der Waals surface area contributed by atoms with E-state index in [-0.39, 0.29) is 17.6 Å². The Morgan fingerprint density at radius 2 is 1.73 bits per heavy atom. The zero-order valence-corrected chi connectivity index (χ0v) is 18.5. The molecule has 4 rings (SSSR count). The normalized spacial score (nSPS) is 20.6. The summed E-state index contributed by atoms with van der Waals surface area (Å²) < 4.78 is 30.0. The molecule has 7 heteroatoms. The summed E-state index contributed by atoms with van der Waals surface area (Å²) in [5.74, 6) is 1.12. The van der Waals surface area contributed by atoms with Crippen molar-refractivity contribution in [3.05, 3.63) is 35.9 Å². The molecule has 0 amide bonds. The van der Waals surface area contributed by atoms with Crippen LogP contribution < -0.4 is 9.64 Å². The number of rotatable bonds is 5. The van der Waals surface area contributed by atoms with Crippen LogP contribution in [0.25, 0.3) is 10.8 Å². The smallest absolute Gasteiger partial charge is 0.153 e. The maximum Gasteiger partial charge on any atom is 0.153 e. The molecule has 30 heavy (non-hydrogen) atoms. The zero-order chi connectivity index (χ0) is 21.3. The summed E-state index contributed by atoms with van der Waals surface area (Å²) >= 11 is 0. The van der Waals surface area contributed by atoms with Gasteiger partial charge in [-0.15, -0.1) is 0 Å². The first-order chi connectivity index (χ1) is 14.3.